The number of allylic oxidation sites excluding steroid dienone is 1. The molecule has 2 heteroatoms. The summed E-state index contributed by atoms with van der Waals surface area (Å²) in [5.74, 6) is 0.303. The van der Waals surface area contributed by atoms with Crippen molar-refractivity contribution in [2.45, 2.75) is 45.1 Å². The monoisotopic (exact) mass is 181 g/mol. The molecule has 0 aromatic rings. The summed E-state index contributed by atoms with van der Waals surface area (Å²) in [6.07, 6.45) is 3.53. The van der Waals surface area contributed by atoms with Crippen LogP contribution in [0.5, 0.6) is 0 Å². The molecular weight excluding hydrogens is 162 g/mol. The van der Waals surface area contributed by atoms with E-state index in [0.29, 0.717) is 12.2 Å². The van der Waals surface area contributed by atoms with Gasteiger partial charge in [0.1, 0.15) is 0 Å². The lowest BCUT2D eigenvalue weighted by Gasteiger charge is -2.22. The van der Waals surface area contributed by atoms with Gasteiger partial charge in [-0.3, -0.25) is 4.79 Å². The highest BCUT2D eigenvalue weighted by Crippen LogP contribution is 2.22. The van der Waals surface area contributed by atoms with Gasteiger partial charge in [-0.05, 0) is 32.7 Å². The summed E-state index contributed by atoms with van der Waals surface area (Å²) in [4.78, 5) is 11.8. The van der Waals surface area contributed by atoms with E-state index in [2.05, 4.69) is 11.9 Å². The van der Waals surface area contributed by atoms with Gasteiger partial charge in [0.05, 0.1) is 5.54 Å². The Morgan fingerprint density at radius 3 is 2.77 bits per heavy atom. The van der Waals surface area contributed by atoms with Crippen molar-refractivity contribution in [1.82, 2.24) is 5.32 Å². The third kappa shape index (κ3) is 2.41. The second-order valence-electron chi connectivity index (χ2n) is 4.07. The van der Waals surface area contributed by atoms with Crippen LogP contribution in [0, 0.1) is 0 Å². The summed E-state index contributed by atoms with van der Waals surface area (Å²) in [5.41, 5.74) is 0.776. The highest BCUT2D eigenvalue weighted by molar-refractivity contribution is 5.90. The van der Waals surface area contributed by atoms with E-state index >= 15 is 0 Å². The van der Waals surface area contributed by atoms with Crippen LogP contribution in [-0.2, 0) is 4.79 Å². The van der Waals surface area contributed by atoms with Crippen LogP contribution in [0.2, 0.25) is 0 Å². The smallest absolute Gasteiger partial charge is 0.156 e. The van der Waals surface area contributed by atoms with Gasteiger partial charge in [0.25, 0.3) is 0 Å². The first-order valence-corrected chi connectivity index (χ1v) is 5.03. The molecule has 13 heavy (non-hydrogen) atoms. The minimum Gasteiger partial charge on any atom is -0.305 e. The lowest BCUT2D eigenvalue weighted by molar-refractivity contribution is -0.123. The molecular formula is C11H19NO. The fourth-order valence-electron chi connectivity index (χ4n) is 1.68. The molecule has 1 aliphatic rings. The summed E-state index contributed by atoms with van der Waals surface area (Å²) in [6.45, 7) is 8.89. The highest BCUT2D eigenvalue weighted by Gasteiger charge is 2.34. The van der Waals surface area contributed by atoms with Gasteiger partial charge in [0.2, 0.25) is 0 Å². The number of hydrogen-bond donors (Lipinski definition) is 1. The van der Waals surface area contributed by atoms with E-state index < -0.39 is 0 Å². The van der Waals surface area contributed by atoms with Gasteiger partial charge in [-0.2, -0.15) is 0 Å². The third-order valence-electron chi connectivity index (χ3n) is 2.89. The van der Waals surface area contributed by atoms with Crippen LogP contribution in [0.3, 0.4) is 0 Å². The van der Waals surface area contributed by atoms with Crippen LogP contribution in [-0.4, -0.2) is 17.9 Å². The van der Waals surface area contributed by atoms with Crippen molar-refractivity contribution in [1.29, 1.82) is 0 Å². The molecule has 0 aliphatic carbocycles. The number of hydrogen-bond acceptors (Lipinski definition) is 2. The number of rotatable bonds is 4. The predicted octanol–water partition coefficient (Wildman–Crippen LogP) is 2.05. The van der Waals surface area contributed by atoms with Crippen molar-refractivity contribution in [2.24, 2.45) is 0 Å². The summed E-state index contributed by atoms with van der Waals surface area (Å²) >= 11 is 0. The van der Waals surface area contributed by atoms with E-state index in [1.54, 1.807) is 0 Å². The maximum Gasteiger partial charge on any atom is 0.156 e. The van der Waals surface area contributed by atoms with Crippen LogP contribution < -0.4 is 5.32 Å². The van der Waals surface area contributed by atoms with Crippen molar-refractivity contribution in [3.63, 3.8) is 0 Å². The Hall–Kier alpha value is -0.630. The molecule has 0 amide bonds. The van der Waals surface area contributed by atoms with Crippen molar-refractivity contribution in [3.8, 4) is 0 Å². The molecule has 1 rings (SSSR count). The average molecular weight is 181 g/mol. The topological polar surface area (TPSA) is 29.1 Å². The quantitative estimate of drug-likeness (QED) is 0.672. The molecule has 0 aromatic carbocycles. The van der Waals surface area contributed by atoms with Gasteiger partial charge < -0.3 is 5.32 Å². The SMILES string of the molecule is C=C(CC)CC(=O)C1(C)CCCN1. The normalized spacial score (nSPS) is 27.5. The largest absolute Gasteiger partial charge is 0.305 e. The molecule has 1 saturated heterocycles. The van der Waals surface area contributed by atoms with Crippen LogP contribution in [0.1, 0.15) is 39.5 Å². The summed E-state index contributed by atoms with van der Waals surface area (Å²) in [6, 6.07) is 0. The number of carbonyl (C=O) groups is 1. The van der Waals surface area contributed by atoms with Crippen molar-refractivity contribution in [2.75, 3.05) is 6.54 Å². The second-order valence-corrected chi connectivity index (χ2v) is 4.07. The molecule has 1 unspecified atom stereocenters. The van der Waals surface area contributed by atoms with Crippen LogP contribution in [0.25, 0.3) is 0 Å². The van der Waals surface area contributed by atoms with E-state index in [-0.39, 0.29) is 5.54 Å². The maximum atomic E-state index is 11.8. The number of ketones is 1. The Morgan fingerprint density at radius 2 is 2.31 bits per heavy atom. The average Bonchev–Trinajstić information content (AvgIpc) is 2.53. The molecule has 1 aliphatic heterocycles. The molecule has 74 valence electrons. The van der Waals surface area contributed by atoms with Gasteiger partial charge in [-0.1, -0.05) is 19.1 Å². The first-order chi connectivity index (χ1) is 6.08. The molecule has 1 atom stereocenters. The van der Waals surface area contributed by atoms with Gasteiger partial charge in [0, 0.05) is 6.42 Å². The van der Waals surface area contributed by atoms with Crippen LogP contribution in [0.4, 0.5) is 0 Å². The van der Waals surface area contributed by atoms with Crippen molar-refractivity contribution >= 4 is 5.78 Å². The Kier molecular flexibility index (Phi) is 3.26. The standard InChI is InChI=1S/C11H19NO/c1-4-9(2)8-10(13)11(3)6-5-7-12-11/h12H,2,4-8H2,1,3H3. The fourth-order valence-corrected chi connectivity index (χ4v) is 1.68. The first-order valence-electron chi connectivity index (χ1n) is 5.03. The number of nitrogens with one attached hydrogen (secondary N) is 1. The van der Waals surface area contributed by atoms with Gasteiger partial charge in [0.15, 0.2) is 5.78 Å². The molecule has 0 spiro atoms. The molecule has 0 saturated carbocycles. The van der Waals surface area contributed by atoms with E-state index in [9.17, 15) is 4.79 Å². The molecule has 1 heterocycles. The van der Waals surface area contributed by atoms with Gasteiger partial charge >= 0.3 is 0 Å². The van der Waals surface area contributed by atoms with Crippen molar-refractivity contribution in [3.05, 3.63) is 12.2 Å². The lowest BCUT2D eigenvalue weighted by Crippen LogP contribution is -2.44. The Balaban J connectivity index is 2.51. The van der Waals surface area contributed by atoms with E-state index in [0.717, 1.165) is 31.4 Å². The molecule has 0 aromatic heterocycles. The zero-order valence-electron chi connectivity index (χ0n) is 8.65. The molecule has 2 nitrogen and oxygen atoms in total. The Labute approximate surface area is 80.4 Å². The molecule has 1 N–H and O–H groups in total. The summed E-state index contributed by atoms with van der Waals surface area (Å²) in [7, 11) is 0. The van der Waals surface area contributed by atoms with Crippen LogP contribution in [0.15, 0.2) is 12.2 Å². The van der Waals surface area contributed by atoms with Crippen molar-refractivity contribution < 1.29 is 4.79 Å². The third-order valence-corrected chi connectivity index (χ3v) is 2.89. The lowest BCUT2D eigenvalue weighted by atomic mass is 9.90. The van der Waals surface area contributed by atoms with E-state index in [1.165, 1.54) is 0 Å². The number of carbonyl (C=O) groups excluding carboxylic acids is 1. The van der Waals surface area contributed by atoms with E-state index in [1.807, 2.05) is 13.8 Å². The summed E-state index contributed by atoms with van der Waals surface area (Å²) in [5, 5.41) is 3.27. The maximum absolute atomic E-state index is 11.8. The van der Waals surface area contributed by atoms with Crippen LogP contribution >= 0.6 is 0 Å². The fraction of sp³-hybridized carbons (Fsp3) is 0.727. The summed E-state index contributed by atoms with van der Waals surface area (Å²) < 4.78 is 0. The minimum absolute atomic E-state index is 0.266. The molecule has 1 fully saturated rings. The predicted molar refractivity (Wildman–Crippen MR) is 54.7 cm³/mol. The molecule has 0 bridgehead atoms. The van der Waals surface area contributed by atoms with Gasteiger partial charge in [-0.25, -0.2) is 0 Å². The number of Topliss-reactive ketones (excluding diaryl/α,β-unsaturated/α-hetero) is 1. The van der Waals surface area contributed by atoms with E-state index in [4.69, 9.17) is 0 Å². The zero-order chi connectivity index (χ0) is 9.90. The zero-order valence-corrected chi connectivity index (χ0v) is 8.65. The Morgan fingerprint density at radius 1 is 1.62 bits per heavy atom. The first kappa shape index (κ1) is 10.5. The second kappa shape index (κ2) is 4.05. The Bertz CT molecular complexity index is 214. The highest BCUT2D eigenvalue weighted by atomic mass is 16.1. The molecule has 0 radical (unpaired) electrons. The van der Waals surface area contributed by atoms with Gasteiger partial charge in [-0.15, -0.1) is 0 Å². The minimum atomic E-state index is -0.266.